The summed E-state index contributed by atoms with van der Waals surface area (Å²) in [5.41, 5.74) is 0.320. The number of nitrogens with one attached hydrogen (secondary N) is 1. The molecule has 0 aromatic heterocycles. The third kappa shape index (κ3) is 4.62. The van der Waals surface area contributed by atoms with Crippen molar-refractivity contribution in [2.45, 2.75) is 63.8 Å². The second-order valence-corrected chi connectivity index (χ2v) is 9.61. The van der Waals surface area contributed by atoms with Crippen LogP contribution >= 0.6 is 23.2 Å². The lowest BCUT2D eigenvalue weighted by Gasteiger charge is -2.39. The minimum Gasteiger partial charge on any atom is -0.208 e. The molecular formula is C17H25Cl2NO2S. The molecule has 130 valence electrons. The van der Waals surface area contributed by atoms with E-state index < -0.39 is 10.0 Å². The van der Waals surface area contributed by atoms with E-state index in [1.54, 1.807) is 6.07 Å². The highest BCUT2D eigenvalue weighted by molar-refractivity contribution is 7.89. The Hall–Kier alpha value is -0.290. The Labute approximate surface area is 149 Å². The van der Waals surface area contributed by atoms with E-state index in [2.05, 4.69) is 25.5 Å². The fraction of sp³-hybridized carbons (Fsp3) is 0.647. The Morgan fingerprint density at radius 3 is 2.35 bits per heavy atom. The van der Waals surface area contributed by atoms with E-state index in [0.29, 0.717) is 16.4 Å². The van der Waals surface area contributed by atoms with Crippen molar-refractivity contribution in [2.75, 3.05) is 0 Å². The van der Waals surface area contributed by atoms with E-state index in [1.807, 2.05) is 0 Å². The van der Waals surface area contributed by atoms with Crippen molar-refractivity contribution in [2.24, 2.45) is 11.3 Å². The maximum absolute atomic E-state index is 12.6. The molecule has 1 aliphatic rings. The molecule has 6 heteroatoms. The maximum Gasteiger partial charge on any atom is 0.242 e. The fourth-order valence-corrected chi connectivity index (χ4v) is 5.31. The van der Waals surface area contributed by atoms with Gasteiger partial charge in [-0.1, -0.05) is 50.4 Å². The standard InChI is InChI=1S/C17H25Cl2NO2S/c1-4-17(2,3)12-5-8-14(9-6-12)20-23(21,22)16-11-13(18)7-10-15(16)19/h7,10-12,14,20H,4-6,8-9H2,1-3H3. The van der Waals surface area contributed by atoms with E-state index in [4.69, 9.17) is 23.2 Å². The average Bonchev–Trinajstić information content (AvgIpc) is 2.49. The molecule has 1 aromatic carbocycles. The molecule has 1 fully saturated rings. The van der Waals surface area contributed by atoms with E-state index in [9.17, 15) is 8.42 Å². The van der Waals surface area contributed by atoms with Gasteiger partial charge < -0.3 is 0 Å². The van der Waals surface area contributed by atoms with Gasteiger partial charge in [0.1, 0.15) is 4.90 Å². The Morgan fingerprint density at radius 1 is 1.17 bits per heavy atom. The highest BCUT2D eigenvalue weighted by atomic mass is 35.5. The highest BCUT2D eigenvalue weighted by Crippen LogP contribution is 2.40. The van der Waals surface area contributed by atoms with Crippen LogP contribution in [0.2, 0.25) is 10.0 Å². The van der Waals surface area contributed by atoms with Crippen molar-refractivity contribution in [1.29, 1.82) is 0 Å². The zero-order valence-corrected chi connectivity index (χ0v) is 16.2. The minimum absolute atomic E-state index is 0.0287. The Kier molecular flexibility index (Phi) is 6.04. The summed E-state index contributed by atoms with van der Waals surface area (Å²) < 4.78 is 27.9. The highest BCUT2D eigenvalue weighted by Gasteiger charge is 2.33. The molecule has 2 rings (SSSR count). The first kappa shape index (κ1) is 19.0. The van der Waals surface area contributed by atoms with Gasteiger partial charge in [-0.05, 0) is 55.2 Å². The zero-order chi connectivity index (χ0) is 17.3. The summed E-state index contributed by atoms with van der Waals surface area (Å²) in [5.74, 6) is 0.656. The normalized spacial score (nSPS) is 23.0. The van der Waals surface area contributed by atoms with Crippen LogP contribution in [-0.4, -0.2) is 14.5 Å². The van der Waals surface area contributed by atoms with Gasteiger partial charge in [0, 0.05) is 11.1 Å². The number of sulfonamides is 1. The predicted molar refractivity (Wildman–Crippen MR) is 96.6 cm³/mol. The molecule has 1 saturated carbocycles. The monoisotopic (exact) mass is 377 g/mol. The van der Waals surface area contributed by atoms with Gasteiger partial charge in [0.15, 0.2) is 0 Å². The van der Waals surface area contributed by atoms with Gasteiger partial charge in [-0.15, -0.1) is 0 Å². The zero-order valence-electron chi connectivity index (χ0n) is 13.9. The Balaban J connectivity index is 2.05. The lowest BCUT2D eigenvalue weighted by Crippen LogP contribution is -2.39. The molecule has 0 radical (unpaired) electrons. The van der Waals surface area contributed by atoms with Crippen molar-refractivity contribution < 1.29 is 8.42 Å². The lowest BCUT2D eigenvalue weighted by atomic mass is 9.69. The van der Waals surface area contributed by atoms with Crippen molar-refractivity contribution in [3.8, 4) is 0 Å². The predicted octanol–water partition coefficient (Wildman–Crippen LogP) is 5.27. The maximum atomic E-state index is 12.6. The van der Waals surface area contributed by atoms with Crippen LogP contribution in [-0.2, 0) is 10.0 Å². The third-order valence-electron chi connectivity index (χ3n) is 5.25. The smallest absolute Gasteiger partial charge is 0.208 e. The minimum atomic E-state index is -3.64. The van der Waals surface area contributed by atoms with Gasteiger partial charge in [-0.25, -0.2) is 13.1 Å². The molecule has 0 amide bonds. The van der Waals surface area contributed by atoms with E-state index in [0.717, 1.165) is 32.1 Å². The summed E-state index contributed by atoms with van der Waals surface area (Å²) in [6.07, 6.45) is 4.98. The average molecular weight is 378 g/mol. The van der Waals surface area contributed by atoms with Crippen LogP contribution in [0.15, 0.2) is 23.1 Å². The number of hydrogen-bond acceptors (Lipinski definition) is 2. The van der Waals surface area contributed by atoms with Crippen molar-refractivity contribution >= 4 is 33.2 Å². The molecule has 0 aliphatic heterocycles. The second-order valence-electron chi connectivity index (χ2n) is 7.09. The van der Waals surface area contributed by atoms with Gasteiger partial charge in [0.05, 0.1) is 5.02 Å². The quantitative estimate of drug-likeness (QED) is 0.759. The SMILES string of the molecule is CCC(C)(C)C1CCC(NS(=O)(=O)c2cc(Cl)ccc2Cl)CC1. The van der Waals surface area contributed by atoms with Crippen LogP contribution in [0.25, 0.3) is 0 Å². The van der Waals surface area contributed by atoms with Gasteiger partial charge in [-0.3, -0.25) is 0 Å². The molecule has 0 unspecified atom stereocenters. The van der Waals surface area contributed by atoms with Crippen LogP contribution in [0.4, 0.5) is 0 Å². The van der Waals surface area contributed by atoms with Crippen LogP contribution < -0.4 is 4.72 Å². The Bertz CT molecular complexity index is 651. The first-order chi connectivity index (χ1) is 10.7. The van der Waals surface area contributed by atoms with Crippen molar-refractivity contribution in [3.63, 3.8) is 0 Å². The molecule has 0 heterocycles. The van der Waals surface area contributed by atoms with Gasteiger partial charge in [-0.2, -0.15) is 0 Å². The van der Waals surface area contributed by atoms with Crippen LogP contribution in [0, 0.1) is 11.3 Å². The van der Waals surface area contributed by atoms with E-state index >= 15 is 0 Å². The summed E-state index contributed by atoms with van der Waals surface area (Å²) in [6, 6.07) is 4.47. The molecule has 23 heavy (non-hydrogen) atoms. The topological polar surface area (TPSA) is 46.2 Å². The molecule has 0 saturated heterocycles. The summed E-state index contributed by atoms with van der Waals surface area (Å²) >= 11 is 11.9. The first-order valence-corrected chi connectivity index (χ1v) is 10.4. The third-order valence-corrected chi connectivity index (χ3v) is 7.49. The first-order valence-electron chi connectivity index (χ1n) is 8.13. The van der Waals surface area contributed by atoms with Gasteiger partial charge >= 0.3 is 0 Å². The molecule has 0 bridgehead atoms. The number of halogens is 2. The summed E-state index contributed by atoms with van der Waals surface area (Å²) in [5, 5.41) is 0.561. The molecule has 1 N–H and O–H groups in total. The summed E-state index contributed by atoms with van der Waals surface area (Å²) in [4.78, 5) is 0.0580. The van der Waals surface area contributed by atoms with Gasteiger partial charge in [0.25, 0.3) is 0 Å². The van der Waals surface area contributed by atoms with E-state index in [-0.39, 0.29) is 16.0 Å². The van der Waals surface area contributed by atoms with Crippen LogP contribution in [0.5, 0.6) is 0 Å². The summed E-state index contributed by atoms with van der Waals surface area (Å²) in [7, 11) is -3.64. The molecule has 1 aliphatic carbocycles. The Morgan fingerprint density at radius 2 is 1.78 bits per heavy atom. The molecular weight excluding hydrogens is 353 g/mol. The van der Waals surface area contributed by atoms with E-state index in [1.165, 1.54) is 12.1 Å². The largest absolute Gasteiger partial charge is 0.242 e. The molecule has 0 spiro atoms. The summed E-state index contributed by atoms with van der Waals surface area (Å²) in [6.45, 7) is 6.82. The lowest BCUT2D eigenvalue weighted by molar-refractivity contribution is 0.142. The molecule has 0 atom stereocenters. The number of benzene rings is 1. The second kappa shape index (κ2) is 7.30. The fourth-order valence-electron chi connectivity index (χ4n) is 3.25. The number of rotatable bonds is 5. The van der Waals surface area contributed by atoms with Gasteiger partial charge in [0.2, 0.25) is 10.0 Å². The molecule has 1 aromatic rings. The van der Waals surface area contributed by atoms with Crippen molar-refractivity contribution in [1.82, 2.24) is 4.72 Å². The van der Waals surface area contributed by atoms with Crippen LogP contribution in [0.1, 0.15) is 52.9 Å². The molecule has 3 nitrogen and oxygen atoms in total. The number of hydrogen-bond donors (Lipinski definition) is 1. The van der Waals surface area contributed by atoms with Crippen molar-refractivity contribution in [3.05, 3.63) is 28.2 Å². The van der Waals surface area contributed by atoms with Crippen LogP contribution in [0.3, 0.4) is 0 Å².